The Morgan fingerprint density at radius 1 is 1.04 bits per heavy atom. The number of para-hydroxylation sites is 2. The fraction of sp³-hybridized carbons (Fsp3) is 0.200. The summed E-state index contributed by atoms with van der Waals surface area (Å²) in [5, 5.41) is 0.535. The molecule has 0 bridgehead atoms. The summed E-state index contributed by atoms with van der Waals surface area (Å²) in [7, 11) is 0. The summed E-state index contributed by atoms with van der Waals surface area (Å²) in [6, 6.07) is 13.9. The van der Waals surface area contributed by atoms with Crippen molar-refractivity contribution >= 4 is 28.8 Å². The predicted molar refractivity (Wildman–Crippen MR) is 96.6 cm³/mol. The Morgan fingerprint density at radius 2 is 1.63 bits per heavy atom. The number of carbonyl (C=O) groups is 3. The third-order valence-corrected chi connectivity index (χ3v) is 4.53. The average Bonchev–Trinajstić information content (AvgIpc) is 3.15. The second kappa shape index (κ2) is 6.05. The Bertz CT molecular complexity index is 1020. The van der Waals surface area contributed by atoms with E-state index in [1.165, 1.54) is 12.1 Å². The number of hydrogen-bond acceptors (Lipinski definition) is 5. The van der Waals surface area contributed by atoms with Crippen molar-refractivity contribution in [3.63, 3.8) is 0 Å². The maximum absolute atomic E-state index is 12.7. The molecule has 1 N–H and O–H groups in total. The number of aromatic amines is 1. The largest absolute Gasteiger partial charge is 0.342 e. The quantitative estimate of drug-likeness (QED) is 0.720. The van der Waals surface area contributed by atoms with Crippen LogP contribution in [0.1, 0.15) is 40.4 Å². The van der Waals surface area contributed by atoms with Crippen LogP contribution in [0.3, 0.4) is 0 Å². The van der Waals surface area contributed by atoms with E-state index in [1.807, 2.05) is 24.3 Å². The molecule has 0 saturated heterocycles. The first-order valence-electron chi connectivity index (χ1n) is 8.51. The van der Waals surface area contributed by atoms with E-state index in [1.54, 1.807) is 26.0 Å². The minimum Gasteiger partial charge on any atom is -0.342 e. The predicted octanol–water partition coefficient (Wildman–Crippen LogP) is 2.89. The molecular formula is C20H17N3O4. The van der Waals surface area contributed by atoms with Gasteiger partial charge in [0.15, 0.2) is 0 Å². The monoisotopic (exact) mass is 363 g/mol. The number of imide groups is 1. The van der Waals surface area contributed by atoms with Gasteiger partial charge in [0.25, 0.3) is 11.8 Å². The molecule has 1 aromatic heterocycles. The molecule has 0 fully saturated rings. The van der Waals surface area contributed by atoms with Gasteiger partial charge < -0.3 is 9.82 Å². The molecule has 1 aliphatic rings. The van der Waals surface area contributed by atoms with E-state index in [4.69, 9.17) is 4.84 Å². The number of carbonyl (C=O) groups excluding carboxylic acids is 3. The normalized spacial score (nSPS) is 13.9. The van der Waals surface area contributed by atoms with Crippen molar-refractivity contribution in [2.45, 2.75) is 20.3 Å². The molecular weight excluding hydrogens is 346 g/mol. The van der Waals surface area contributed by atoms with Crippen molar-refractivity contribution in [2.75, 3.05) is 0 Å². The van der Waals surface area contributed by atoms with Crippen LogP contribution in [0.5, 0.6) is 0 Å². The molecule has 1 aliphatic heterocycles. The molecule has 0 aliphatic carbocycles. The Hall–Kier alpha value is -3.48. The zero-order valence-corrected chi connectivity index (χ0v) is 14.9. The second-order valence-electron chi connectivity index (χ2n) is 7.09. The molecule has 0 unspecified atom stereocenters. The Kier molecular flexibility index (Phi) is 3.80. The highest BCUT2D eigenvalue weighted by Gasteiger charge is 2.41. The van der Waals surface area contributed by atoms with Crippen molar-refractivity contribution in [1.82, 2.24) is 15.0 Å². The van der Waals surface area contributed by atoms with Gasteiger partial charge in [-0.05, 0) is 38.1 Å². The SMILES string of the molecule is CC(C)(Cc1nc2ccccc2[nH]1)C(=O)ON1C(=O)c2ccccc2C1=O. The van der Waals surface area contributed by atoms with Crippen molar-refractivity contribution in [3.05, 3.63) is 65.5 Å². The zero-order valence-electron chi connectivity index (χ0n) is 14.9. The van der Waals surface area contributed by atoms with Gasteiger partial charge >= 0.3 is 5.97 Å². The number of nitrogens with zero attached hydrogens (tertiary/aromatic N) is 2. The Labute approximate surface area is 154 Å². The number of hydrogen-bond donors (Lipinski definition) is 1. The summed E-state index contributed by atoms with van der Waals surface area (Å²) in [5.41, 5.74) is 1.13. The molecule has 0 spiro atoms. The first-order valence-corrected chi connectivity index (χ1v) is 8.51. The van der Waals surface area contributed by atoms with Gasteiger partial charge in [-0.1, -0.05) is 29.3 Å². The second-order valence-corrected chi connectivity index (χ2v) is 7.09. The van der Waals surface area contributed by atoms with Crippen LogP contribution in [-0.4, -0.2) is 32.8 Å². The van der Waals surface area contributed by atoms with E-state index in [0.717, 1.165) is 11.0 Å². The summed E-state index contributed by atoms with van der Waals surface area (Å²) in [6.07, 6.45) is 0.268. The van der Waals surface area contributed by atoms with E-state index in [0.29, 0.717) is 10.9 Å². The summed E-state index contributed by atoms with van der Waals surface area (Å²) in [4.78, 5) is 50.2. The maximum atomic E-state index is 12.7. The summed E-state index contributed by atoms with van der Waals surface area (Å²) >= 11 is 0. The highest BCUT2D eigenvalue weighted by Crippen LogP contribution is 2.28. The molecule has 3 aromatic rings. The molecule has 2 aromatic carbocycles. The van der Waals surface area contributed by atoms with Crippen molar-refractivity contribution in [3.8, 4) is 0 Å². The minimum absolute atomic E-state index is 0.227. The highest BCUT2D eigenvalue weighted by atomic mass is 16.7. The number of aromatic nitrogens is 2. The van der Waals surface area contributed by atoms with Gasteiger partial charge in [-0.25, -0.2) is 9.78 Å². The molecule has 7 nitrogen and oxygen atoms in total. The number of nitrogens with one attached hydrogen (secondary N) is 1. The van der Waals surface area contributed by atoms with Gasteiger partial charge in [0, 0.05) is 6.42 Å². The zero-order chi connectivity index (χ0) is 19.2. The van der Waals surface area contributed by atoms with Crippen molar-refractivity contribution < 1.29 is 19.2 Å². The molecule has 2 amide bonds. The number of hydroxylamine groups is 2. The van der Waals surface area contributed by atoms with Gasteiger partial charge in [0.1, 0.15) is 5.82 Å². The summed E-state index contributed by atoms with van der Waals surface area (Å²) in [6.45, 7) is 3.36. The van der Waals surface area contributed by atoms with Crippen LogP contribution in [0.25, 0.3) is 11.0 Å². The first-order chi connectivity index (χ1) is 12.9. The van der Waals surface area contributed by atoms with Crippen LogP contribution >= 0.6 is 0 Å². The highest BCUT2D eigenvalue weighted by molar-refractivity contribution is 6.20. The molecule has 0 radical (unpaired) electrons. The number of amides is 2. The molecule has 4 rings (SSSR count). The molecule has 0 saturated carbocycles. The molecule has 0 atom stereocenters. The maximum Gasteiger partial charge on any atom is 0.339 e. The van der Waals surface area contributed by atoms with Gasteiger partial charge in [0.05, 0.1) is 27.6 Å². The van der Waals surface area contributed by atoms with Crippen LogP contribution in [0.4, 0.5) is 0 Å². The van der Waals surface area contributed by atoms with Gasteiger partial charge in [-0.2, -0.15) is 0 Å². The van der Waals surface area contributed by atoms with Crippen LogP contribution in [-0.2, 0) is 16.1 Å². The van der Waals surface area contributed by atoms with E-state index in [-0.39, 0.29) is 17.5 Å². The van der Waals surface area contributed by atoms with Gasteiger partial charge in [0.2, 0.25) is 0 Å². The smallest absolute Gasteiger partial charge is 0.339 e. The Morgan fingerprint density at radius 3 is 2.26 bits per heavy atom. The summed E-state index contributed by atoms with van der Waals surface area (Å²) < 4.78 is 0. The van der Waals surface area contributed by atoms with Crippen molar-refractivity contribution in [1.29, 1.82) is 0 Å². The first kappa shape index (κ1) is 17.0. The third-order valence-electron chi connectivity index (χ3n) is 4.53. The Balaban J connectivity index is 1.52. The fourth-order valence-electron chi connectivity index (χ4n) is 3.04. The number of rotatable bonds is 4. The number of H-pyrrole nitrogens is 1. The lowest BCUT2D eigenvalue weighted by atomic mass is 9.89. The van der Waals surface area contributed by atoms with Crippen LogP contribution in [0.2, 0.25) is 0 Å². The summed E-state index contributed by atoms with van der Waals surface area (Å²) in [5.74, 6) is -1.33. The average molecular weight is 363 g/mol. The molecule has 136 valence electrons. The number of imidazole rings is 1. The standard InChI is InChI=1S/C20H17N3O4/c1-20(2,11-16-21-14-9-5-6-10-15(14)22-16)19(26)27-23-17(24)12-7-3-4-8-13(12)18(23)25/h3-10H,11H2,1-2H3,(H,21,22). The van der Waals surface area contributed by atoms with Crippen LogP contribution in [0.15, 0.2) is 48.5 Å². The third kappa shape index (κ3) is 2.87. The van der Waals surface area contributed by atoms with E-state index in [9.17, 15) is 14.4 Å². The molecule has 2 heterocycles. The number of benzene rings is 2. The lowest BCUT2D eigenvalue weighted by Crippen LogP contribution is -2.39. The topological polar surface area (TPSA) is 92.4 Å². The van der Waals surface area contributed by atoms with Crippen molar-refractivity contribution in [2.24, 2.45) is 5.41 Å². The van der Waals surface area contributed by atoms with Gasteiger partial charge in [-0.3, -0.25) is 9.59 Å². The lowest BCUT2D eigenvalue weighted by molar-refractivity contribution is -0.179. The fourth-order valence-corrected chi connectivity index (χ4v) is 3.04. The van der Waals surface area contributed by atoms with E-state index in [2.05, 4.69) is 9.97 Å². The number of fused-ring (bicyclic) bond motifs is 2. The molecule has 27 heavy (non-hydrogen) atoms. The van der Waals surface area contributed by atoms with Gasteiger partial charge in [-0.15, -0.1) is 0 Å². The van der Waals surface area contributed by atoms with E-state index < -0.39 is 23.2 Å². The van der Waals surface area contributed by atoms with E-state index >= 15 is 0 Å². The minimum atomic E-state index is -0.997. The van der Waals surface area contributed by atoms with Crippen LogP contribution in [0, 0.1) is 5.41 Å². The van der Waals surface area contributed by atoms with Crippen LogP contribution < -0.4 is 0 Å². The molecule has 7 heteroatoms. The lowest BCUT2D eigenvalue weighted by Gasteiger charge is -2.23.